The first-order chi connectivity index (χ1) is 13.9. The number of likely N-dealkylation sites (tertiary alicyclic amines) is 1. The third-order valence-electron chi connectivity index (χ3n) is 6.55. The molecule has 0 spiro atoms. The minimum Gasteiger partial charge on any atom is -0.511 e. The van der Waals surface area contributed by atoms with Crippen LogP contribution < -0.4 is 15.5 Å². The van der Waals surface area contributed by atoms with Gasteiger partial charge in [0.25, 0.3) is 11.8 Å². The number of carbonyl (C=O) groups excluding carboxylic acids is 2. The number of fused-ring (bicyclic) bond motifs is 1. The van der Waals surface area contributed by atoms with Crippen LogP contribution in [0.4, 0.5) is 11.4 Å². The summed E-state index contributed by atoms with van der Waals surface area (Å²) in [6, 6.07) is 7.51. The van der Waals surface area contributed by atoms with Crippen molar-refractivity contribution in [2.45, 2.75) is 38.6 Å². The standard InChI is InChI=1S/C22H30N4O3/c1-22-14-25(2)13-10-17(22)24-21(29)18(19(22)27)20(28)23-15-6-8-16(9-7-15)26-11-4-3-5-12-26/h6-9,17,27H,3-5,10-14H2,1-2H3,(H,23,28)(H,24,29)/t17-,22-/m0/s1. The van der Waals surface area contributed by atoms with Crippen LogP contribution in [-0.2, 0) is 9.59 Å². The molecule has 0 aliphatic carbocycles. The number of aliphatic hydroxyl groups is 1. The Morgan fingerprint density at radius 3 is 2.55 bits per heavy atom. The van der Waals surface area contributed by atoms with E-state index in [0.717, 1.165) is 31.7 Å². The summed E-state index contributed by atoms with van der Waals surface area (Å²) in [7, 11) is 1.98. The number of rotatable bonds is 3. The summed E-state index contributed by atoms with van der Waals surface area (Å²) in [4.78, 5) is 29.9. The van der Waals surface area contributed by atoms with Gasteiger partial charge in [-0.2, -0.15) is 0 Å². The lowest BCUT2D eigenvalue weighted by atomic mass is 9.72. The summed E-state index contributed by atoms with van der Waals surface area (Å²) in [5.41, 5.74) is 0.905. The van der Waals surface area contributed by atoms with Gasteiger partial charge in [-0.15, -0.1) is 0 Å². The summed E-state index contributed by atoms with van der Waals surface area (Å²) in [6.45, 7) is 5.45. The molecule has 2 fully saturated rings. The Morgan fingerprint density at radius 1 is 1.17 bits per heavy atom. The molecule has 3 aliphatic heterocycles. The molecule has 3 N–H and O–H groups in total. The number of amides is 2. The van der Waals surface area contributed by atoms with Crippen LogP contribution >= 0.6 is 0 Å². The molecule has 1 aromatic carbocycles. The quantitative estimate of drug-likeness (QED) is 0.680. The van der Waals surface area contributed by atoms with E-state index in [1.165, 1.54) is 19.3 Å². The molecule has 0 bridgehead atoms. The number of aliphatic hydroxyl groups excluding tert-OH is 1. The molecule has 4 rings (SSSR count). The van der Waals surface area contributed by atoms with E-state index in [0.29, 0.717) is 12.2 Å². The fourth-order valence-electron chi connectivity index (χ4n) is 4.82. The van der Waals surface area contributed by atoms with Crippen molar-refractivity contribution < 1.29 is 14.7 Å². The van der Waals surface area contributed by atoms with Gasteiger partial charge in [0.1, 0.15) is 11.3 Å². The van der Waals surface area contributed by atoms with Gasteiger partial charge >= 0.3 is 0 Å². The van der Waals surface area contributed by atoms with E-state index in [4.69, 9.17) is 0 Å². The first-order valence-corrected chi connectivity index (χ1v) is 10.5. The van der Waals surface area contributed by atoms with Crippen LogP contribution in [0.25, 0.3) is 0 Å². The molecule has 0 aromatic heterocycles. The van der Waals surface area contributed by atoms with Gasteiger partial charge in [-0.1, -0.05) is 0 Å². The number of carbonyl (C=O) groups is 2. The second-order valence-electron chi connectivity index (χ2n) is 8.74. The van der Waals surface area contributed by atoms with Crippen molar-refractivity contribution >= 4 is 23.2 Å². The lowest BCUT2D eigenvalue weighted by Crippen LogP contribution is -2.61. The largest absolute Gasteiger partial charge is 0.511 e. The Balaban J connectivity index is 1.52. The summed E-state index contributed by atoms with van der Waals surface area (Å²) < 4.78 is 0. The van der Waals surface area contributed by atoms with Gasteiger partial charge < -0.3 is 25.5 Å². The highest BCUT2D eigenvalue weighted by molar-refractivity contribution is 6.23. The predicted molar refractivity (Wildman–Crippen MR) is 113 cm³/mol. The van der Waals surface area contributed by atoms with Gasteiger partial charge in [-0.25, -0.2) is 0 Å². The van der Waals surface area contributed by atoms with E-state index < -0.39 is 17.2 Å². The van der Waals surface area contributed by atoms with Crippen LogP contribution in [0, 0.1) is 5.41 Å². The van der Waals surface area contributed by atoms with Crippen LogP contribution in [0.15, 0.2) is 35.6 Å². The molecule has 29 heavy (non-hydrogen) atoms. The van der Waals surface area contributed by atoms with E-state index in [9.17, 15) is 14.7 Å². The predicted octanol–water partition coefficient (Wildman–Crippen LogP) is 2.27. The van der Waals surface area contributed by atoms with E-state index in [1.54, 1.807) is 0 Å². The maximum atomic E-state index is 12.9. The number of piperidine rings is 2. The minimum absolute atomic E-state index is 0.111. The Kier molecular flexibility index (Phi) is 5.25. The third-order valence-corrected chi connectivity index (χ3v) is 6.55. The average molecular weight is 399 g/mol. The van der Waals surface area contributed by atoms with E-state index in [-0.39, 0.29) is 17.4 Å². The second kappa shape index (κ2) is 7.71. The maximum Gasteiger partial charge on any atom is 0.264 e. The van der Waals surface area contributed by atoms with E-state index in [1.807, 2.05) is 38.2 Å². The van der Waals surface area contributed by atoms with Crippen molar-refractivity contribution in [3.63, 3.8) is 0 Å². The molecule has 7 nitrogen and oxygen atoms in total. The number of hydrogen-bond donors (Lipinski definition) is 3. The number of anilines is 2. The number of nitrogens with zero attached hydrogens (tertiary/aromatic N) is 2. The summed E-state index contributed by atoms with van der Waals surface area (Å²) in [6.07, 6.45) is 4.43. The van der Waals surface area contributed by atoms with Crippen molar-refractivity contribution in [1.82, 2.24) is 10.2 Å². The Bertz CT molecular complexity index is 829. The minimum atomic E-state index is -0.661. The molecule has 2 atom stereocenters. The van der Waals surface area contributed by atoms with Gasteiger partial charge in [-0.3, -0.25) is 9.59 Å². The number of nitrogens with one attached hydrogen (secondary N) is 2. The molecular formula is C22H30N4O3. The van der Waals surface area contributed by atoms with Gasteiger partial charge in [0.05, 0.1) is 5.41 Å². The monoisotopic (exact) mass is 398 g/mol. The van der Waals surface area contributed by atoms with Gasteiger partial charge in [0.15, 0.2) is 0 Å². The molecule has 2 saturated heterocycles. The van der Waals surface area contributed by atoms with Crippen LogP contribution in [0.1, 0.15) is 32.6 Å². The Morgan fingerprint density at radius 2 is 1.86 bits per heavy atom. The van der Waals surface area contributed by atoms with Crippen molar-refractivity contribution in [3.8, 4) is 0 Å². The number of hydrogen-bond acceptors (Lipinski definition) is 5. The van der Waals surface area contributed by atoms with Crippen molar-refractivity contribution in [2.24, 2.45) is 5.41 Å². The average Bonchev–Trinajstić information content (AvgIpc) is 2.71. The molecule has 0 radical (unpaired) electrons. The van der Waals surface area contributed by atoms with Crippen LogP contribution in [-0.4, -0.2) is 61.1 Å². The van der Waals surface area contributed by atoms with Gasteiger partial charge in [0, 0.05) is 37.1 Å². The smallest absolute Gasteiger partial charge is 0.264 e. The molecule has 0 unspecified atom stereocenters. The first kappa shape index (κ1) is 19.8. The normalized spacial score (nSPS) is 28.0. The molecule has 0 saturated carbocycles. The van der Waals surface area contributed by atoms with Gasteiger partial charge in [-0.05, 0) is 70.5 Å². The van der Waals surface area contributed by atoms with Crippen LogP contribution in [0.2, 0.25) is 0 Å². The van der Waals surface area contributed by atoms with E-state index >= 15 is 0 Å². The zero-order chi connectivity index (χ0) is 20.6. The summed E-state index contributed by atoms with van der Waals surface area (Å²) in [5, 5.41) is 16.6. The molecule has 156 valence electrons. The van der Waals surface area contributed by atoms with E-state index in [2.05, 4.69) is 20.4 Å². The SMILES string of the molecule is CN1CC[C@@H]2NC(=O)C(C(=O)Nc3ccc(N4CCCCC4)cc3)=C(O)[C@@]2(C)C1. The topological polar surface area (TPSA) is 84.9 Å². The fraction of sp³-hybridized carbons (Fsp3) is 0.545. The molecule has 1 aromatic rings. The third kappa shape index (κ3) is 3.71. The lowest BCUT2D eigenvalue weighted by molar-refractivity contribution is -0.125. The number of benzene rings is 1. The van der Waals surface area contributed by atoms with Crippen molar-refractivity contribution in [3.05, 3.63) is 35.6 Å². The highest BCUT2D eigenvalue weighted by Gasteiger charge is 2.49. The second-order valence-corrected chi connectivity index (χ2v) is 8.74. The van der Waals surface area contributed by atoms with Crippen molar-refractivity contribution in [1.29, 1.82) is 0 Å². The maximum absolute atomic E-state index is 12.9. The highest BCUT2D eigenvalue weighted by atomic mass is 16.3. The Labute approximate surface area is 171 Å². The molecular weight excluding hydrogens is 368 g/mol. The summed E-state index contributed by atoms with van der Waals surface area (Å²) >= 11 is 0. The molecule has 3 aliphatic rings. The lowest BCUT2D eigenvalue weighted by Gasteiger charge is -2.47. The zero-order valence-electron chi connectivity index (χ0n) is 17.2. The molecule has 2 amide bonds. The fourth-order valence-corrected chi connectivity index (χ4v) is 4.82. The molecule has 3 heterocycles. The zero-order valence-corrected chi connectivity index (χ0v) is 17.2. The first-order valence-electron chi connectivity index (χ1n) is 10.5. The van der Waals surface area contributed by atoms with Gasteiger partial charge in [0.2, 0.25) is 0 Å². The highest BCUT2D eigenvalue weighted by Crippen LogP contribution is 2.40. The van der Waals surface area contributed by atoms with Crippen LogP contribution in [0.3, 0.4) is 0 Å². The Hall–Kier alpha value is -2.54. The van der Waals surface area contributed by atoms with Crippen molar-refractivity contribution in [2.75, 3.05) is 43.4 Å². The summed E-state index contributed by atoms with van der Waals surface area (Å²) in [5.74, 6) is -1.18. The van der Waals surface area contributed by atoms with Crippen LogP contribution in [0.5, 0.6) is 0 Å². The molecule has 7 heteroatoms.